The number of carbonyl (C=O) groups is 2. The molecule has 2 rings (SSSR count). The Bertz CT molecular complexity index is 523. The maximum Gasteiger partial charge on any atom is 0.409 e. The van der Waals surface area contributed by atoms with Crippen molar-refractivity contribution in [2.24, 2.45) is 0 Å². The molecule has 1 aromatic rings. The molecule has 1 aromatic heterocycles. The average Bonchev–Trinajstić information content (AvgIpc) is 2.81. The Morgan fingerprint density at radius 2 is 2.14 bits per heavy atom. The highest BCUT2D eigenvalue weighted by Gasteiger charge is 2.26. The van der Waals surface area contributed by atoms with Crippen molar-refractivity contribution in [3.63, 3.8) is 0 Å². The van der Waals surface area contributed by atoms with E-state index in [-0.39, 0.29) is 17.7 Å². The molecule has 2 N–H and O–H groups in total. The van der Waals surface area contributed by atoms with Crippen molar-refractivity contribution in [3.8, 4) is 0 Å². The van der Waals surface area contributed by atoms with Crippen molar-refractivity contribution >= 4 is 28.6 Å². The van der Waals surface area contributed by atoms with Gasteiger partial charge in [-0.2, -0.15) is 4.37 Å². The maximum absolute atomic E-state index is 11.6. The molecule has 1 amide bonds. The molecule has 0 spiro atoms. The molecule has 2 heterocycles. The summed E-state index contributed by atoms with van der Waals surface area (Å²) in [6.45, 7) is 5.06. The van der Waals surface area contributed by atoms with E-state index in [2.05, 4.69) is 9.69 Å². The van der Waals surface area contributed by atoms with E-state index < -0.39 is 5.97 Å². The third-order valence-electron chi connectivity index (χ3n) is 3.43. The molecule has 0 atom stereocenters. The zero-order valence-electron chi connectivity index (χ0n) is 12.1. The predicted molar refractivity (Wildman–Crippen MR) is 79.1 cm³/mol. The lowest BCUT2D eigenvalue weighted by atomic mass is 10.1. The van der Waals surface area contributed by atoms with Crippen LogP contribution in [0.1, 0.15) is 35.8 Å². The first-order chi connectivity index (χ1) is 10.0. The Morgan fingerprint density at radius 3 is 2.71 bits per heavy atom. The number of nitrogens with one attached hydrogen (secondary N) is 1. The summed E-state index contributed by atoms with van der Waals surface area (Å²) < 4.78 is 9.05. The van der Waals surface area contributed by atoms with E-state index in [9.17, 15) is 14.7 Å². The number of aryl methyl sites for hydroxylation is 1. The molecule has 0 saturated carbocycles. The number of aromatic nitrogens is 1. The fourth-order valence-electron chi connectivity index (χ4n) is 2.33. The number of hydrogen-bond acceptors (Lipinski definition) is 6. The van der Waals surface area contributed by atoms with Crippen molar-refractivity contribution in [1.82, 2.24) is 9.27 Å². The highest BCUT2D eigenvalue weighted by atomic mass is 32.1. The van der Waals surface area contributed by atoms with Gasteiger partial charge in [-0.25, -0.2) is 9.59 Å². The fraction of sp³-hybridized carbons (Fsp3) is 0.615. The van der Waals surface area contributed by atoms with Crippen molar-refractivity contribution < 1.29 is 19.4 Å². The summed E-state index contributed by atoms with van der Waals surface area (Å²) in [5.74, 6) is -0.965. The molecule has 0 radical (unpaired) electrons. The third kappa shape index (κ3) is 3.63. The van der Waals surface area contributed by atoms with Gasteiger partial charge in [0.2, 0.25) is 0 Å². The normalized spacial score (nSPS) is 15.8. The Kier molecular flexibility index (Phi) is 5.00. The SMILES string of the molecule is CCOC(=O)N1CCC(Nc2snc(C)c2C(=O)O)CC1. The molecule has 0 unspecified atom stereocenters. The zero-order chi connectivity index (χ0) is 15.4. The second kappa shape index (κ2) is 6.75. The van der Waals surface area contributed by atoms with Crippen LogP contribution in [0, 0.1) is 6.92 Å². The first kappa shape index (κ1) is 15.6. The molecule has 0 aromatic carbocycles. The predicted octanol–water partition coefficient (Wildman–Crippen LogP) is 2.18. The van der Waals surface area contributed by atoms with Crippen molar-refractivity contribution in [2.45, 2.75) is 32.7 Å². The summed E-state index contributed by atoms with van der Waals surface area (Å²) in [5, 5.41) is 13.0. The summed E-state index contributed by atoms with van der Waals surface area (Å²) in [5.41, 5.74) is 0.770. The molecule has 8 heteroatoms. The first-order valence-electron chi connectivity index (χ1n) is 6.90. The molecule has 1 aliphatic rings. The van der Waals surface area contributed by atoms with Gasteiger partial charge in [-0.1, -0.05) is 0 Å². The van der Waals surface area contributed by atoms with Gasteiger partial charge < -0.3 is 20.1 Å². The van der Waals surface area contributed by atoms with Crippen LogP contribution in [0.5, 0.6) is 0 Å². The molecule has 1 fully saturated rings. The fourth-order valence-corrected chi connectivity index (χ4v) is 3.19. The lowest BCUT2D eigenvalue weighted by Crippen LogP contribution is -2.42. The van der Waals surface area contributed by atoms with Gasteiger partial charge in [0.25, 0.3) is 0 Å². The van der Waals surface area contributed by atoms with Crippen molar-refractivity contribution in [2.75, 3.05) is 25.0 Å². The number of carboxylic acids is 1. The summed E-state index contributed by atoms with van der Waals surface area (Å²) >= 11 is 1.17. The van der Waals surface area contributed by atoms with E-state index in [1.54, 1.807) is 18.7 Å². The van der Waals surface area contributed by atoms with Crippen LogP contribution in [0.15, 0.2) is 0 Å². The lowest BCUT2D eigenvalue weighted by molar-refractivity contribution is 0.0697. The van der Waals surface area contributed by atoms with E-state index in [0.29, 0.717) is 30.4 Å². The van der Waals surface area contributed by atoms with E-state index in [4.69, 9.17) is 4.74 Å². The van der Waals surface area contributed by atoms with Crippen LogP contribution in [0.25, 0.3) is 0 Å². The molecule has 0 bridgehead atoms. The number of amides is 1. The van der Waals surface area contributed by atoms with E-state index in [1.807, 2.05) is 0 Å². The quantitative estimate of drug-likeness (QED) is 0.885. The van der Waals surface area contributed by atoms with Gasteiger partial charge in [0.05, 0.1) is 12.3 Å². The van der Waals surface area contributed by atoms with Crippen LogP contribution in [0.3, 0.4) is 0 Å². The largest absolute Gasteiger partial charge is 0.478 e. The number of nitrogens with zero attached hydrogens (tertiary/aromatic N) is 2. The summed E-state index contributed by atoms with van der Waals surface area (Å²) in [6, 6.07) is 0.147. The first-order valence-corrected chi connectivity index (χ1v) is 7.68. The van der Waals surface area contributed by atoms with E-state index >= 15 is 0 Å². The minimum Gasteiger partial charge on any atom is -0.478 e. The average molecular weight is 313 g/mol. The second-order valence-corrected chi connectivity index (χ2v) is 5.66. The van der Waals surface area contributed by atoms with Crippen LogP contribution >= 0.6 is 11.5 Å². The number of anilines is 1. The Balaban J connectivity index is 1.92. The monoisotopic (exact) mass is 313 g/mol. The van der Waals surface area contributed by atoms with Gasteiger partial charge in [0.15, 0.2) is 0 Å². The summed E-state index contributed by atoms with van der Waals surface area (Å²) in [7, 11) is 0. The van der Waals surface area contributed by atoms with Gasteiger partial charge in [0.1, 0.15) is 10.6 Å². The molecule has 116 valence electrons. The summed E-state index contributed by atoms with van der Waals surface area (Å²) in [6.07, 6.45) is 1.24. The number of carbonyl (C=O) groups excluding carboxylic acids is 1. The highest BCUT2D eigenvalue weighted by Crippen LogP contribution is 2.27. The van der Waals surface area contributed by atoms with Gasteiger partial charge in [-0.3, -0.25) is 0 Å². The van der Waals surface area contributed by atoms with Crippen molar-refractivity contribution in [3.05, 3.63) is 11.3 Å². The van der Waals surface area contributed by atoms with Gasteiger partial charge in [0, 0.05) is 19.1 Å². The van der Waals surface area contributed by atoms with Crippen LogP contribution in [0.2, 0.25) is 0 Å². The number of likely N-dealkylation sites (tertiary alicyclic amines) is 1. The van der Waals surface area contributed by atoms with Crippen LogP contribution in [0.4, 0.5) is 9.80 Å². The Morgan fingerprint density at radius 1 is 1.48 bits per heavy atom. The number of hydrogen-bond donors (Lipinski definition) is 2. The number of aromatic carboxylic acids is 1. The molecule has 7 nitrogen and oxygen atoms in total. The van der Waals surface area contributed by atoms with Crippen LogP contribution in [-0.4, -0.2) is 52.2 Å². The highest BCUT2D eigenvalue weighted by molar-refractivity contribution is 7.10. The van der Waals surface area contributed by atoms with E-state index in [0.717, 1.165) is 12.8 Å². The Hall–Kier alpha value is -1.83. The number of carboxylic acid groups (broad SMARTS) is 1. The minimum absolute atomic E-state index is 0.147. The van der Waals surface area contributed by atoms with Crippen LogP contribution < -0.4 is 5.32 Å². The number of ether oxygens (including phenoxy) is 1. The number of rotatable bonds is 4. The van der Waals surface area contributed by atoms with Crippen molar-refractivity contribution in [1.29, 1.82) is 0 Å². The summed E-state index contributed by atoms with van der Waals surface area (Å²) in [4.78, 5) is 24.5. The molecular formula is C13H19N3O4S. The molecule has 1 saturated heterocycles. The van der Waals surface area contributed by atoms with E-state index in [1.165, 1.54) is 11.5 Å². The Labute approximate surface area is 127 Å². The third-order valence-corrected chi connectivity index (χ3v) is 4.30. The molecular weight excluding hydrogens is 294 g/mol. The molecule has 0 aliphatic carbocycles. The van der Waals surface area contributed by atoms with Gasteiger partial charge in [-0.05, 0) is 38.2 Å². The molecule has 21 heavy (non-hydrogen) atoms. The minimum atomic E-state index is -0.965. The second-order valence-electron chi connectivity index (χ2n) is 4.88. The smallest absolute Gasteiger partial charge is 0.409 e. The van der Waals surface area contributed by atoms with Gasteiger partial charge >= 0.3 is 12.1 Å². The topological polar surface area (TPSA) is 91.8 Å². The maximum atomic E-state index is 11.6. The number of piperidine rings is 1. The lowest BCUT2D eigenvalue weighted by Gasteiger charge is -2.31. The zero-order valence-corrected chi connectivity index (χ0v) is 12.9. The van der Waals surface area contributed by atoms with Gasteiger partial charge in [-0.15, -0.1) is 0 Å². The van der Waals surface area contributed by atoms with Crippen LogP contribution in [-0.2, 0) is 4.74 Å². The standard InChI is InChI=1S/C13H19N3O4S/c1-3-20-13(19)16-6-4-9(5-7-16)14-11-10(12(17)18)8(2)15-21-11/h9,14H,3-7H2,1-2H3,(H,17,18). The molecule has 1 aliphatic heterocycles.